The van der Waals surface area contributed by atoms with E-state index in [0.29, 0.717) is 6.42 Å². The zero-order chi connectivity index (χ0) is 19.7. The highest BCUT2D eigenvalue weighted by molar-refractivity contribution is 5.53. The summed E-state index contributed by atoms with van der Waals surface area (Å²) in [7, 11) is 3.89. The molecule has 1 N–H and O–H groups in total. The lowest BCUT2D eigenvalue weighted by molar-refractivity contribution is -0.146. The number of aliphatic hydroxyl groups is 1. The van der Waals surface area contributed by atoms with E-state index in [-0.39, 0.29) is 11.5 Å². The lowest BCUT2D eigenvalue weighted by Gasteiger charge is -2.64. The van der Waals surface area contributed by atoms with Gasteiger partial charge in [-0.1, -0.05) is 18.7 Å². The molecule has 2 bridgehead atoms. The van der Waals surface area contributed by atoms with Crippen LogP contribution in [0, 0.1) is 0 Å². The van der Waals surface area contributed by atoms with Crippen molar-refractivity contribution in [1.29, 1.82) is 0 Å². The second kappa shape index (κ2) is 5.98. The molecule has 0 spiro atoms. The molecular weight excluding hydrogens is 348 g/mol. The van der Waals surface area contributed by atoms with Gasteiger partial charge in [0.1, 0.15) is 5.75 Å². The number of allylic oxidation sites excluding steroid dienone is 3. The molecule has 0 aromatic heterocycles. The van der Waals surface area contributed by atoms with E-state index in [1.807, 2.05) is 0 Å². The summed E-state index contributed by atoms with van der Waals surface area (Å²) in [5, 5.41) is 12.3. The minimum Gasteiger partial charge on any atom is -0.497 e. The van der Waals surface area contributed by atoms with Crippen molar-refractivity contribution >= 4 is 0 Å². The third-order valence-corrected chi connectivity index (χ3v) is 7.81. The molecule has 0 amide bonds. The Bertz CT molecular complexity index is 917. The van der Waals surface area contributed by atoms with E-state index in [2.05, 4.69) is 60.7 Å². The Hall–Kier alpha value is -2.04. The number of methoxy groups -OCH3 is 1. The van der Waals surface area contributed by atoms with Crippen LogP contribution in [0.4, 0.5) is 0 Å². The molecule has 5 rings (SSSR count). The molecule has 0 unspecified atom stereocenters. The van der Waals surface area contributed by atoms with Crippen LogP contribution in [0.1, 0.15) is 37.3 Å². The van der Waals surface area contributed by atoms with Gasteiger partial charge in [0.15, 0.2) is 0 Å². The molecule has 2 aliphatic carbocycles. The van der Waals surface area contributed by atoms with Gasteiger partial charge < -0.3 is 19.6 Å². The third kappa shape index (κ3) is 2.13. The van der Waals surface area contributed by atoms with Gasteiger partial charge in [-0.25, -0.2) is 0 Å². The number of benzene rings is 1. The smallest absolute Gasteiger partial charge is 0.119 e. The molecule has 3 atom stereocenters. The van der Waals surface area contributed by atoms with Gasteiger partial charge >= 0.3 is 0 Å². The first-order chi connectivity index (χ1) is 13.4. The summed E-state index contributed by atoms with van der Waals surface area (Å²) in [6.45, 7) is 8.35. The van der Waals surface area contributed by atoms with Crippen molar-refractivity contribution < 1.29 is 9.84 Å². The second-order valence-electron chi connectivity index (χ2n) is 8.87. The number of fused-ring (bicyclic) bond motifs is 1. The summed E-state index contributed by atoms with van der Waals surface area (Å²) in [4.78, 5) is 4.71. The van der Waals surface area contributed by atoms with Crippen LogP contribution in [0.3, 0.4) is 0 Å². The predicted octanol–water partition coefficient (Wildman–Crippen LogP) is 3.38. The van der Waals surface area contributed by atoms with Crippen LogP contribution in [0.15, 0.2) is 53.9 Å². The lowest BCUT2D eigenvalue weighted by Crippen LogP contribution is -2.72. The van der Waals surface area contributed by atoms with Crippen LogP contribution in [0.2, 0.25) is 0 Å². The summed E-state index contributed by atoms with van der Waals surface area (Å²) in [6, 6.07) is 6.61. The number of piperidine rings is 1. The van der Waals surface area contributed by atoms with Crippen LogP contribution in [-0.2, 0) is 11.8 Å². The largest absolute Gasteiger partial charge is 0.497 e. The zero-order valence-corrected chi connectivity index (χ0v) is 17.2. The fourth-order valence-corrected chi connectivity index (χ4v) is 6.32. The normalized spacial score (nSPS) is 34.1. The monoisotopic (exact) mass is 378 g/mol. The van der Waals surface area contributed by atoms with E-state index >= 15 is 0 Å². The van der Waals surface area contributed by atoms with E-state index in [1.165, 1.54) is 22.4 Å². The first-order valence-electron chi connectivity index (χ1n) is 10.4. The summed E-state index contributed by atoms with van der Waals surface area (Å²) in [6.07, 6.45) is 7.70. The van der Waals surface area contributed by atoms with Crippen LogP contribution >= 0.6 is 0 Å². The highest BCUT2D eigenvalue weighted by Crippen LogP contribution is 2.60. The van der Waals surface area contributed by atoms with E-state index in [0.717, 1.165) is 43.8 Å². The van der Waals surface area contributed by atoms with E-state index in [9.17, 15) is 5.11 Å². The molecule has 0 saturated carbocycles. The van der Waals surface area contributed by atoms with Gasteiger partial charge in [-0.3, -0.25) is 0 Å². The molecule has 1 aromatic carbocycles. The maximum absolute atomic E-state index is 12.3. The predicted molar refractivity (Wildman–Crippen MR) is 111 cm³/mol. The number of nitrogens with zero attached hydrogens (tertiary/aromatic N) is 2. The van der Waals surface area contributed by atoms with Crippen molar-refractivity contribution in [2.75, 3.05) is 27.2 Å². The number of rotatable bonds is 2. The summed E-state index contributed by atoms with van der Waals surface area (Å²) < 4.78 is 5.57. The Balaban J connectivity index is 1.74. The molecule has 1 fully saturated rings. The number of hydrogen-bond donors (Lipinski definition) is 1. The third-order valence-electron chi connectivity index (χ3n) is 7.81. The maximum Gasteiger partial charge on any atom is 0.119 e. The molecule has 4 heteroatoms. The molecule has 1 saturated heterocycles. The molecule has 2 aliphatic heterocycles. The lowest BCUT2D eigenvalue weighted by atomic mass is 9.49. The van der Waals surface area contributed by atoms with Crippen molar-refractivity contribution in [1.82, 2.24) is 9.80 Å². The van der Waals surface area contributed by atoms with Gasteiger partial charge in [0.2, 0.25) is 0 Å². The van der Waals surface area contributed by atoms with E-state index in [4.69, 9.17) is 4.74 Å². The first-order valence-corrected chi connectivity index (χ1v) is 10.4. The minimum atomic E-state index is -0.763. The molecule has 1 aromatic rings. The Morgan fingerprint density at radius 1 is 1.29 bits per heavy atom. The SMILES string of the molecule is C=C1C=CC2=C(C[C@]34CCN(C)[C@H](Cc5ccc(OC)cc53)[C@]4(O)C2)N1CC. The van der Waals surface area contributed by atoms with Gasteiger partial charge in [-0.15, -0.1) is 0 Å². The molecule has 28 heavy (non-hydrogen) atoms. The van der Waals surface area contributed by atoms with Crippen molar-refractivity contribution in [3.63, 3.8) is 0 Å². The molecule has 4 nitrogen and oxygen atoms in total. The van der Waals surface area contributed by atoms with Gasteiger partial charge in [-0.05, 0) is 68.3 Å². The van der Waals surface area contributed by atoms with Crippen molar-refractivity contribution in [2.45, 2.75) is 49.7 Å². The minimum absolute atomic E-state index is 0.143. The summed E-state index contributed by atoms with van der Waals surface area (Å²) in [5.74, 6) is 0.882. The number of likely N-dealkylation sites (tertiary alicyclic amines) is 1. The fourth-order valence-electron chi connectivity index (χ4n) is 6.32. The highest BCUT2D eigenvalue weighted by atomic mass is 16.5. The first kappa shape index (κ1) is 18.0. The van der Waals surface area contributed by atoms with Gasteiger partial charge in [0.25, 0.3) is 0 Å². The van der Waals surface area contributed by atoms with Crippen LogP contribution in [0.5, 0.6) is 5.75 Å². The van der Waals surface area contributed by atoms with Crippen LogP contribution < -0.4 is 4.74 Å². The topological polar surface area (TPSA) is 35.9 Å². The summed E-state index contributed by atoms with van der Waals surface area (Å²) in [5.41, 5.74) is 5.29. The quantitative estimate of drug-likeness (QED) is 0.856. The number of ether oxygens (including phenoxy) is 1. The van der Waals surface area contributed by atoms with E-state index in [1.54, 1.807) is 7.11 Å². The number of hydrogen-bond acceptors (Lipinski definition) is 4. The fraction of sp³-hybridized carbons (Fsp3) is 0.500. The second-order valence-corrected chi connectivity index (χ2v) is 8.87. The van der Waals surface area contributed by atoms with Crippen molar-refractivity contribution in [3.8, 4) is 5.75 Å². The van der Waals surface area contributed by atoms with Crippen molar-refractivity contribution in [2.24, 2.45) is 0 Å². The average Bonchev–Trinajstić information content (AvgIpc) is 2.69. The molecule has 0 radical (unpaired) electrons. The molecule has 4 aliphatic rings. The average molecular weight is 379 g/mol. The van der Waals surface area contributed by atoms with Gasteiger partial charge in [-0.2, -0.15) is 0 Å². The summed E-state index contributed by atoms with van der Waals surface area (Å²) >= 11 is 0. The van der Waals surface area contributed by atoms with E-state index < -0.39 is 5.60 Å². The number of likely N-dealkylation sites (N-methyl/N-ethyl adjacent to an activating group) is 2. The van der Waals surface area contributed by atoms with Crippen molar-refractivity contribution in [3.05, 3.63) is 65.0 Å². The molecule has 148 valence electrons. The highest BCUT2D eigenvalue weighted by Gasteiger charge is 2.64. The Morgan fingerprint density at radius 2 is 2.11 bits per heavy atom. The zero-order valence-electron chi connectivity index (χ0n) is 17.2. The standard InChI is InChI=1S/C24H30N2O2/c1-5-26-16(2)6-7-18-14-24(27)22-12-17-8-9-19(28-4)13-20(17)23(24,15-21(18)26)10-11-25(22)3/h6-9,13,22,27H,2,5,10-12,14-15H2,1,3-4H3/t22-,23-,24-/m1/s1. The van der Waals surface area contributed by atoms with Crippen LogP contribution in [0.25, 0.3) is 0 Å². The van der Waals surface area contributed by atoms with Gasteiger partial charge in [0.05, 0.1) is 12.7 Å². The Morgan fingerprint density at radius 3 is 2.86 bits per heavy atom. The van der Waals surface area contributed by atoms with Gasteiger partial charge in [0, 0.05) is 42.2 Å². The molecular formula is C24H30N2O2. The van der Waals surface area contributed by atoms with Crippen LogP contribution in [-0.4, -0.2) is 53.8 Å². The molecule has 2 heterocycles. The maximum atomic E-state index is 12.3. The Labute approximate surface area is 167 Å². The Kier molecular flexibility index (Phi) is 3.85.